The van der Waals surface area contributed by atoms with E-state index in [2.05, 4.69) is 64.9 Å². The molecule has 31 heavy (non-hydrogen) atoms. The third-order valence-corrected chi connectivity index (χ3v) is 5.92. The molecule has 2 amide bonds. The van der Waals surface area contributed by atoms with Crippen LogP contribution in [0, 0.1) is 0 Å². The standard InChI is InChI=1S/C24H36N6O/c1-6-17-8-7-9-20(16(2)3)22(17)29-24(31)27-19-12-10-18(11-13-19)26-23-25-15-14-21(28-23)30(4)5/h7-9,14-16,18-19H,6,10-13H2,1-5H3,(H,25,26,28)(H2,27,29,31). The van der Waals surface area contributed by atoms with Crippen LogP contribution in [0.15, 0.2) is 30.5 Å². The Morgan fingerprint density at radius 3 is 2.48 bits per heavy atom. The Labute approximate surface area is 186 Å². The van der Waals surface area contributed by atoms with Crippen molar-refractivity contribution in [3.8, 4) is 0 Å². The van der Waals surface area contributed by atoms with E-state index in [1.54, 1.807) is 6.20 Å². The lowest BCUT2D eigenvalue weighted by Gasteiger charge is -2.30. The van der Waals surface area contributed by atoms with Crippen LogP contribution in [0.2, 0.25) is 0 Å². The zero-order valence-electron chi connectivity index (χ0n) is 19.4. The van der Waals surface area contributed by atoms with Crippen LogP contribution in [-0.2, 0) is 6.42 Å². The molecule has 0 bridgehead atoms. The molecular formula is C24H36N6O. The van der Waals surface area contributed by atoms with Crippen LogP contribution in [0.25, 0.3) is 0 Å². The van der Waals surface area contributed by atoms with E-state index in [-0.39, 0.29) is 12.1 Å². The summed E-state index contributed by atoms with van der Waals surface area (Å²) in [6.45, 7) is 6.43. The van der Waals surface area contributed by atoms with Gasteiger partial charge in [0.25, 0.3) is 0 Å². The van der Waals surface area contributed by atoms with E-state index in [0.717, 1.165) is 43.6 Å². The van der Waals surface area contributed by atoms with E-state index in [1.165, 1.54) is 11.1 Å². The van der Waals surface area contributed by atoms with Gasteiger partial charge in [0.15, 0.2) is 0 Å². The van der Waals surface area contributed by atoms with Gasteiger partial charge in [-0.25, -0.2) is 9.78 Å². The third kappa shape index (κ3) is 6.09. The minimum atomic E-state index is -0.110. The number of anilines is 3. The van der Waals surface area contributed by atoms with Gasteiger partial charge in [0.1, 0.15) is 5.82 Å². The van der Waals surface area contributed by atoms with Crippen molar-refractivity contribution in [2.45, 2.75) is 70.9 Å². The molecule has 3 rings (SSSR count). The summed E-state index contributed by atoms with van der Waals surface area (Å²) in [4.78, 5) is 23.6. The van der Waals surface area contributed by atoms with E-state index in [0.29, 0.717) is 17.9 Å². The number of hydrogen-bond acceptors (Lipinski definition) is 5. The summed E-state index contributed by atoms with van der Waals surface area (Å²) in [5.74, 6) is 1.91. The van der Waals surface area contributed by atoms with Gasteiger partial charge in [-0.2, -0.15) is 4.98 Å². The first-order valence-electron chi connectivity index (χ1n) is 11.3. The normalized spacial score (nSPS) is 18.5. The number of rotatable bonds is 7. The maximum Gasteiger partial charge on any atom is 0.319 e. The quantitative estimate of drug-likeness (QED) is 0.596. The monoisotopic (exact) mass is 424 g/mol. The number of carbonyl (C=O) groups excluding carboxylic acids is 1. The highest BCUT2D eigenvalue weighted by molar-refractivity contribution is 5.91. The molecule has 1 aliphatic carbocycles. The summed E-state index contributed by atoms with van der Waals surface area (Å²) >= 11 is 0. The predicted octanol–water partition coefficient (Wildman–Crippen LogP) is 4.77. The topological polar surface area (TPSA) is 82.2 Å². The number of urea groups is 1. The molecular weight excluding hydrogens is 388 g/mol. The van der Waals surface area contributed by atoms with E-state index in [1.807, 2.05) is 25.1 Å². The van der Waals surface area contributed by atoms with Crippen molar-refractivity contribution in [3.63, 3.8) is 0 Å². The maximum atomic E-state index is 12.7. The molecule has 7 heteroatoms. The van der Waals surface area contributed by atoms with Crippen LogP contribution in [0.4, 0.5) is 22.2 Å². The fourth-order valence-electron chi connectivity index (χ4n) is 4.12. The van der Waals surface area contributed by atoms with Gasteiger partial charge in [-0.05, 0) is 55.2 Å². The first-order chi connectivity index (χ1) is 14.9. The highest BCUT2D eigenvalue weighted by atomic mass is 16.2. The number of carbonyl (C=O) groups is 1. The zero-order valence-corrected chi connectivity index (χ0v) is 19.4. The van der Waals surface area contributed by atoms with Crippen molar-refractivity contribution in [2.24, 2.45) is 0 Å². The molecule has 2 aromatic rings. The number of hydrogen-bond donors (Lipinski definition) is 3. The average molecular weight is 425 g/mol. The van der Waals surface area contributed by atoms with E-state index >= 15 is 0 Å². The van der Waals surface area contributed by atoms with E-state index in [4.69, 9.17) is 0 Å². The Hall–Kier alpha value is -2.83. The Balaban J connectivity index is 1.52. The predicted molar refractivity (Wildman–Crippen MR) is 128 cm³/mol. The molecule has 7 nitrogen and oxygen atoms in total. The molecule has 0 radical (unpaired) electrons. The number of amides is 2. The van der Waals surface area contributed by atoms with Crippen molar-refractivity contribution < 1.29 is 4.79 Å². The third-order valence-electron chi connectivity index (χ3n) is 5.92. The number of para-hydroxylation sites is 1. The Morgan fingerprint density at radius 1 is 1.13 bits per heavy atom. The number of benzene rings is 1. The molecule has 1 heterocycles. The molecule has 0 aliphatic heterocycles. The average Bonchev–Trinajstić information content (AvgIpc) is 2.75. The van der Waals surface area contributed by atoms with Crippen LogP contribution in [0.1, 0.15) is 63.5 Å². The highest BCUT2D eigenvalue weighted by Crippen LogP contribution is 2.28. The van der Waals surface area contributed by atoms with Crippen LogP contribution in [-0.4, -0.2) is 42.2 Å². The number of aromatic nitrogens is 2. The van der Waals surface area contributed by atoms with Gasteiger partial charge in [0, 0.05) is 38.1 Å². The number of nitrogens with one attached hydrogen (secondary N) is 3. The summed E-state index contributed by atoms with van der Waals surface area (Å²) < 4.78 is 0. The molecule has 1 aromatic heterocycles. The highest BCUT2D eigenvalue weighted by Gasteiger charge is 2.23. The van der Waals surface area contributed by atoms with Gasteiger partial charge in [0.2, 0.25) is 5.95 Å². The van der Waals surface area contributed by atoms with Crippen molar-refractivity contribution in [1.82, 2.24) is 15.3 Å². The van der Waals surface area contributed by atoms with Crippen molar-refractivity contribution >= 4 is 23.5 Å². The smallest absolute Gasteiger partial charge is 0.319 e. The van der Waals surface area contributed by atoms with Crippen molar-refractivity contribution in [1.29, 1.82) is 0 Å². The molecule has 0 saturated heterocycles. The number of aryl methyl sites for hydroxylation is 1. The van der Waals surface area contributed by atoms with Crippen LogP contribution >= 0.6 is 0 Å². The largest absolute Gasteiger partial charge is 0.363 e. The van der Waals surface area contributed by atoms with Gasteiger partial charge >= 0.3 is 6.03 Å². The SMILES string of the molecule is CCc1cccc(C(C)C)c1NC(=O)NC1CCC(Nc2nccc(N(C)C)n2)CC1. The molecule has 0 atom stereocenters. The molecule has 3 N–H and O–H groups in total. The molecule has 1 fully saturated rings. The molecule has 0 unspecified atom stereocenters. The first-order valence-corrected chi connectivity index (χ1v) is 11.3. The lowest BCUT2D eigenvalue weighted by molar-refractivity contribution is 0.243. The van der Waals surface area contributed by atoms with Gasteiger partial charge < -0.3 is 20.9 Å². The van der Waals surface area contributed by atoms with E-state index < -0.39 is 0 Å². The fourth-order valence-corrected chi connectivity index (χ4v) is 4.12. The lowest BCUT2D eigenvalue weighted by Crippen LogP contribution is -2.42. The Kier molecular flexibility index (Phi) is 7.71. The van der Waals surface area contributed by atoms with Crippen molar-refractivity contribution in [3.05, 3.63) is 41.6 Å². The summed E-state index contributed by atoms with van der Waals surface area (Å²) in [5.41, 5.74) is 3.32. The summed E-state index contributed by atoms with van der Waals surface area (Å²) in [7, 11) is 3.94. The van der Waals surface area contributed by atoms with Crippen LogP contribution in [0.5, 0.6) is 0 Å². The lowest BCUT2D eigenvalue weighted by atomic mass is 9.91. The minimum absolute atomic E-state index is 0.110. The second-order valence-corrected chi connectivity index (χ2v) is 8.81. The van der Waals surface area contributed by atoms with Crippen molar-refractivity contribution in [2.75, 3.05) is 29.6 Å². The Bertz CT molecular complexity index is 874. The van der Waals surface area contributed by atoms with Gasteiger partial charge in [-0.3, -0.25) is 0 Å². The minimum Gasteiger partial charge on any atom is -0.363 e. The molecule has 1 aliphatic rings. The number of nitrogens with zero attached hydrogens (tertiary/aromatic N) is 3. The first kappa shape index (κ1) is 22.8. The van der Waals surface area contributed by atoms with Crippen LogP contribution in [0.3, 0.4) is 0 Å². The molecule has 0 spiro atoms. The molecule has 168 valence electrons. The second-order valence-electron chi connectivity index (χ2n) is 8.81. The van der Waals surface area contributed by atoms with Gasteiger partial charge in [0.05, 0.1) is 0 Å². The van der Waals surface area contributed by atoms with Crippen LogP contribution < -0.4 is 20.9 Å². The molecule has 1 aromatic carbocycles. The second kappa shape index (κ2) is 10.5. The maximum absolute atomic E-state index is 12.7. The summed E-state index contributed by atoms with van der Waals surface area (Å²) in [6, 6.07) is 8.56. The van der Waals surface area contributed by atoms with Gasteiger partial charge in [-0.1, -0.05) is 39.0 Å². The summed E-state index contributed by atoms with van der Waals surface area (Å²) in [6.07, 6.45) is 6.49. The zero-order chi connectivity index (χ0) is 22.4. The summed E-state index contributed by atoms with van der Waals surface area (Å²) in [5, 5.41) is 9.76. The van der Waals surface area contributed by atoms with E-state index in [9.17, 15) is 4.79 Å². The molecule has 1 saturated carbocycles. The fraction of sp³-hybridized carbons (Fsp3) is 0.542. The van der Waals surface area contributed by atoms with Gasteiger partial charge in [-0.15, -0.1) is 0 Å². The Morgan fingerprint density at radius 2 is 1.84 bits per heavy atom.